The van der Waals surface area contributed by atoms with Crippen molar-refractivity contribution in [2.45, 2.75) is 14.4 Å². The van der Waals surface area contributed by atoms with Crippen LogP contribution in [0.3, 0.4) is 0 Å². The fourth-order valence-electron chi connectivity index (χ4n) is 1.71. The Balaban J connectivity index is 1.84. The minimum Gasteiger partial charge on any atom is -0.109 e. The van der Waals surface area contributed by atoms with Gasteiger partial charge in [0.1, 0.15) is 0 Å². The third-order valence-corrected chi connectivity index (χ3v) is 5.45. The fraction of sp³-hybridized carbons (Fsp3) is 0.167. The van der Waals surface area contributed by atoms with Gasteiger partial charge >= 0.3 is 0 Å². The van der Waals surface area contributed by atoms with Gasteiger partial charge in [-0.2, -0.15) is 0 Å². The number of fused-ring (bicyclic) bond motifs is 1. The van der Waals surface area contributed by atoms with Crippen LogP contribution in [0.4, 0.5) is 0 Å². The molecular weight excluding hydrogens is 208 g/mol. The van der Waals surface area contributed by atoms with Crippen molar-refractivity contribution in [3.8, 4) is 0 Å². The Morgan fingerprint density at radius 1 is 0.857 bits per heavy atom. The van der Waals surface area contributed by atoms with Gasteiger partial charge in [0.25, 0.3) is 0 Å². The van der Waals surface area contributed by atoms with Crippen molar-refractivity contribution in [2.24, 2.45) is 5.92 Å². The lowest BCUT2D eigenvalue weighted by molar-refractivity contribution is 0.936. The first-order valence-electron chi connectivity index (χ1n) is 4.71. The first-order valence-corrected chi connectivity index (χ1v) is 6.47. The third-order valence-electron chi connectivity index (χ3n) is 2.43. The summed E-state index contributed by atoms with van der Waals surface area (Å²) in [5.41, 5.74) is 0. The van der Waals surface area contributed by atoms with Gasteiger partial charge in [-0.1, -0.05) is 36.4 Å². The molecule has 1 heterocycles. The van der Waals surface area contributed by atoms with E-state index in [1.165, 1.54) is 9.79 Å². The number of rotatable bonds is 1. The average molecular weight is 218 g/mol. The van der Waals surface area contributed by atoms with Gasteiger partial charge in [-0.15, -0.1) is 23.5 Å². The molecule has 1 aliphatic heterocycles. The highest BCUT2D eigenvalue weighted by molar-refractivity contribution is 8.19. The molecule has 0 N–H and O–H groups in total. The van der Waals surface area contributed by atoms with E-state index < -0.39 is 0 Å². The summed E-state index contributed by atoms with van der Waals surface area (Å²) in [6, 6.07) is 8.68. The standard InChI is InChI=1S/C12H10S2/c1-2-6-9(5-1)12-13-10-7-3-4-8-11(10)14-12/h1-9,12H. The topological polar surface area (TPSA) is 0 Å². The van der Waals surface area contributed by atoms with Gasteiger partial charge in [0.05, 0.1) is 4.58 Å². The van der Waals surface area contributed by atoms with Crippen molar-refractivity contribution in [1.82, 2.24) is 0 Å². The second-order valence-corrected chi connectivity index (χ2v) is 6.06. The zero-order chi connectivity index (χ0) is 9.38. The molecule has 0 nitrogen and oxygen atoms in total. The third kappa shape index (κ3) is 1.43. The SMILES string of the molecule is C1=CC(C2Sc3ccccc3S2)C=C1. The summed E-state index contributed by atoms with van der Waals surface area (Å²) >= 11 is 3.99. The summed E-state index contributed by atoms with van der Waals surface area (Å²) < 4.78 is 0.641. The largest absolute Gasteiger partial charge is 0.109 e. The van der Waals surface area contributed by atoms with E-state index >= 15 is 0 Å². The average Bonchev–Trinajstić information content (AvgIpc) is 2.86. The van der Waals surface area contributed by atoms with E-state index in [4.69, 9.17) is 0 Å². The maximum atomic E-state index is 2.29. The molecule has 2 aliphatic rings. The fourth-order valence-corrected chi connectivity index (χ4v) is 4.67. The van der Waals surface area contributed by atoms with E-state index in [9.17, 15) is 0 Å². The molecule has 70 valence electrons. The van der Waals surface area contributed by atoms with Crippen LogP contribution in [-0.2, 0) is 0 Å². The highest BCUT2D eigenvalue weighted by Crippen LogP contribution is 2.51. The van der Waals surface area contributed by atoms with Crippen LogP contribution in [0.1, 0.15) is 0 Å². The van der Waals surface area contributed by atoms with Crippen LogP contribution in [-0.4, -0.2) is 4.58 Å². The highest BCUT2D eigenvalue weighted by atomic mass is 32.2. The Morgan fingerprint density at radius 3 is 2.00 bits per heavy atom. The van der Waals surface area contributed by atoms with Crippen molar-refractivity contribution in [3.05, 3.63) is 48.6 Å². The lowest BCUT2D eigenvalue weighted by Crippen LogP contribution is -2.03. The Kier molecular flexibility index (Phi) is 2.18. The summed E-state index contributed by atoms with van der Waals surface area (Å²) in [6.07, 6.45) is 8.87. The van der Waals surface area contributed by atoms with Crippen molar-refractivity contribution in [2.75, 3.05) is 0 Å². The molecule has 0 aromatic heterocycles. The molecule has 0 saturated heterocycles. The zero-order valence-electron chi connectivity index (χ0n) is 7.59. The van der Waals surface area contributed by atoms with Crippen LogP contribution in [0.25, 0.3) is 0 Å². The van der Waals surface area contributed by atoms with E-state index in [1.54, 1.807) is 0 Å². The number of hydrogen-bond acceptors (Lipinski definition) is 2. The number of thioether (sulfide) groups is 2. The second-order valence-electron chi connectivity index (χ2n) is 3.40. The molecule has 0 atom stereocenters. The zero-order valence-corrected chi connectivity index (χ0v) is 9.22. The van der Waals surface area contributed by atoms with Crippen LogP contribution in [0.2, 0.25) is 0 Å². The molecule has 14 heavy (non-hydrogen) atoms. The first-order chi connectivity index (χ1) is 6.93. The molecule has 0 spiro atoms. The predicted molar refractivity (Wildman–Crippen MR) is 63.7 cm³/mol. The lowest BCUT2D eigenvalue weighted by Gasteiger charge is -2.11. The summed E-state index contributed by atoms with van der Waals surface area (Å²) in [5.74, 6) is 0.609. The summed E-state index contributed by atoms with van der Waals surface area (Å²) in [4.78, 5) is 2.88. The van der Waals surface area contributed by atoms with E-state index in [0.717, 1.165) is 0 Å². The summed E-state index contributed by atoms with van der Waals surface area (Å²) in [6.45, 7) is 0. The van der Waals surface area contributed by atoms with Gasteiger partial charge in [-0.3, -0.25) is 0 Å². The predicted octanol–water partition coefficient (Wildman–Crippen LogP) is 3.95. The molecule has 0 radical (unpaired) electrons. The number of hydrogen-bond donors (Lipinski definition) is 0. The molecule has 2 heteroatoms. The quantitative estimate of drug-likeness (QED) is 0.700. The Bertz CT molecular complexity index is 370. The number of benzene rings is 1. The van der Waals surface area contributed by atoms with Crippen LogP contribution in [0.15, 0.2) is 58.4 Å². The molecule has 1 aliphatic carbocycles. The van der Waals surface area contributed by atoms with Crippen LogP contribution < -0.4 is 0 Å². The lowest BCUT2D eigenvalue weighted by atomic mass is 10.2. The van der Waals surface area contributed by atoms with Gasteiger partial charge in [0.15, 0.2) is 0 Å². The van der Waals surface area contributed by atoms with Gasteiger partial charge in [0.2, 0.25) is 0 Å². The molecular formula is C12H10S2. The second kappa shape index (κ2) is 3.52. The Morgan fingerprint density at radius 2 is 1.43 bits per heavy atom. The molecule has 0 unspecified atom stereocenters. The van der Waals surface area contributed by atoms with Crippen LogP contribution >= 0.6 is 23.5 Å². The molecule has 1 aromatic carbocycles. The molecule has 0 fully saturated rings. The number of allylic oxidation sites excluding steroid dienone is 4. The van der Waals surface area contributed by atoms with E-state index in [-0.39, 0.29) is 0 Å². The Labute approximate surface area is 92.5 Å². The van der Waals surface area contributed by atoms with Gasteiger partial charge in [-0.25, -0.2) is 0 Å². The molecule has 0 amide bonds. The minimum absolute atomic E-state index is 0.609. The highest BCUT2D eigenvalue weighted by Gasteiger charge is 2.27. The summed E-state index contributed by atoms with van der Waals surface area (Å²) in [5, 5.41) is 0. The smallest absolute Gasteiger partial charge is 0.0694 e. The van der Waals surface area contributed by atoms with E-state index in [0.29, 0.717) is 10.5 Å². The van der Waals surface area contributed by atoms with Crippen LogP contribution in [0, 0.1) is 5.92 Å². The minimum atomic E-state index is 0.609. The van der Waals surface area contributed by atoms with E-state index in [2.05, 4.69) is 48.6 Å². The molecule has 3 rings (SSSR count). The monoisotopic (exact) mass is 218 g/mol. The van der Waals surface area contributed by atoms with Gasteiger partial charge < -0.3 is 0 Å². The first kappa shape index (κ1) is 8.69. The van der Waals surface area contributed by atoms with Crippen molar-refractivity contribution >= 4 is 23.5 Å². The summed E-state index contributed by atoms with van der Waals surface area (Å²) in [7, 11) is 0. The maximum Gasteiger partial charge on any atom is 0.0694 e. The molecule has 0 bridgehead atoms. The van der Waals surface area contributed by atoms with E-state index in [1.807, 2.05) is 23.5 Å². The van der Waals surface area contributed by atoms with Gasteiger partial charge in [-0.05, 0) is 12.1 Å². The van der Waals surface area contributed by atoms with Crippen molar-refractivity contribution < 1.29 is 0 Å². The van der Waals surface area contributed by atoms with Crippen LogP contribution in [0.5, 0.6) is 0 Å². The normalized spacial score (nSPS) is 20.6. The Hall–Kier alpha value is -0.600. The van der Waals surface area contributed by atoms with Crippen molar-refractivity contribution in [1.29, 1.82) is 0 Å². The molecule has 1 aromatic rings. The van der Waals surface area contributed by atoms with Gasteiger partial charge in [0, 0.05) is 15.7 Å². The van der Waals surface area contributed by atoms with Crippen molar-refractivity contribution in [3.63, 3.8) is 0 Å². The molecule has 0 saturated carbocycles. The maximum absolute atomic E-state index is 2.29.